The summed E-state index contributed by atoms with van der Waals surface area (Å²) >= 11 is 3.39. The van der Waals surface area contributed by atoms with Crippen molar-refractivity contribution in [3.63, 3.8) is 0 Å². The maximum absolute atomic E-state index is 12.7. The van der Waals surface area contributed by atoms with Crippen LogP contribution in [-0.2, 0) is 13.1 Å². The van der Waals surface area contributed by atoms with Crippen LogP contribution < -0.4 is 5.32 Å². The minimum absolute atomic E-state index is 0.163. The molecular formula is C22H20BrN5O. The lowest BCUT2D eigenvalue weighted by atomic mass is 10.1. The van der Waals surface area contributed by atoms with Gasteiger partial charge in [0.15, 0.2) is 0 Å². The summed E-state index contributed by atoms with van der Waals surface area (Å²) in [6, 6.07) is 15.8. The summed E-state index contributed by atoms with van der Waals surface area (Å²) in [7, 11) is 0. The molecule has 1 N–H and O–H groups in total. The van der Waals surface area contributed by atoms with Gasteiger partial charge in [0.1, 0.15) is 0 Å². The van der Waals surface area contributed by atoms with Crippen LogP contribution in [0.15, 0.2) is 77.8 Å². The fourth-order valence-electron chi connectivity index (χ4n) is 3.14. The third-order valence-corrected chi connectivity index (χ3v) is 4.86. The first-order chi connectivity index (χ1) is 14.0. The van der Waals surface area contributed by atoms with E-state index >= 15 is 0 Å². The van der Waals surface area contributed by atoms with E-state index in [0.29, 0.717) is 24.3 Å². The molecule has 0 aliphatic heterocycles. The van der Waals surface area contributed by atoms with Crippen molar-refractivity contribution in [1.29, 1.82) is 0 Å². The third-order valence-electron chi connectivity index (χ3n) is 4.45. The summed E-state index contributed by atoms with van der Waals surface area (Å²) in [6.45, 7) is 3.32. The van der Waals surface area contributed by atoms with E-state index in [2.05, 4.69) is 56.6 Å². The molecule has 4 rings (SSSR count). The maximum atomic E-state index is 12.7. The van der Waals surface area contributed by atoms with Crippen LogP contribution in [0, 0.1) is 6.92 Å². The number of carbonyl (C=O) groups is 1. The molecule has 0 radical (unpaired) electrons. The largest absolute Gasteiger partial charge is 0.319 e. The number of aromatic nitrogens is 4. The Labute approximate surface area is 177 Å². The van der Waals surface area contributed by atoms with Crippen LogP contribution in [0.25, 0.3) is 0 Å². The predicted octanol–water partition coefficient (Wildman–Crippen LogP) is 4.50. The number of halogens is 1. The maximum Gasteiger partial charge on any atom is 0.255 e. The Kier molecular flexibility index (Phi) is 5.57. The van der Waals surface area contributed by atoms with Crippen LogP contribution in [0.5, 0.6) is 0 Å². The van der Waals surface area contributed by atoms with Gasteiger partial charge in [0.05, 0.1) is 35.6 Å². The number of carbonyl (C=O) groups excluding carboxylic acids is 1. The Morgan fingerprint density at radius 1 is 0.966 bits per heavy atom. The topological polar surface area (TPSA) is 64.7 Å². The molecular weight excluding hydrogens is 430 g/mol. The van der Waals surface area contributed by atoms with E-state index in [1.807, 2.05) is 46.0 Å². The van der Waals surface area contributed by atoms with Gasteiger partial charge in [-0.05, 0) is 46.1 Å². The molecule has 0 fully saturated rings. The molecule has 4 aromatic rings. The van der Waals surface area contributed by atoms with Crippen LogP contribution >= 0.6 is 15.9 Å². The van der Waals surface area contributed by atoms with Gasteiger partial charge in [-0.25, -0.2) is 0 Å². The Bertz CT molecular complexity index is 1150. The second kappa shape index (κ2) is 8.45. The Morgan fingerprint density at radius 3 is 2.38 bits per heavy atom. The first-order valence-corrected chi connectivity index (χ1v) is 10.0. The van der Waals surface area contributed by atoms with Crippen molar-refractivity contribution in [1.82, 2.24) is 19.6 Å². The molecule has 0 saturated carbocycles. The highest BCUT2D eigenvalue weighted by Gasteiger charge is 2.09. The highest BCUT2D eigenvalue weighted by atomic mass is 79.9. The van der Waals surface area contributed by atoms with E-state index in [9.17, 15) is 4.79 Å². The molecule has 0 aliphatic carbocycles. The Hall–Kier alpha value is -3.19. The van der Waals surface area contributed by atoms with E-state index in [4.69, 9.17) is 0 Å². The van der Waals surface area contributed by atoms with Crippen molar-refractivity contribution in [2.24, 2.45) is 0 Å². The number of hydrogen-bond donors (Lipinski definition) is 1. The zero-order chi connectivity index (χ0) is 20.2. The van der Waals surface area contributed by atoms with Crippen molar-refractivity contribution in [2.45, 2.75) is 20.0 Å². The number of benzene rings is 2. The molecule has 1 amide bonds. The molecule has 0 atom stereocenters. The van der Waals surface area contributed by atoms with Gasteiger partial charge in [-0.1, -0.05) is 42.0 Å². The molecule has 6 nitrogen and oxygen atoms in total. The fraction of sp³-hybridized carbons (Fsp3) is 0.136. The van der Waals surface area contributed by atoms with Gasteiger partial charge in [-0.2, -0.15) is 10.2 Å². The lowest BCUT2D eigenvalue weighted by molar-refractivity contribution is 0.102. The van der Waals surface area contributed by atoms with Crippen LogP contribution in [0.4, 0.5) is 5.69 Å². The lowest BCUT2D eigenvalue weighted by Crippen LogP contribution is -2.12. The summed E-state index contributed by atoms with van der Waals surface area (Å²) in [5.41, 5.74) is 4.65. The molecule has 0 bridgehead atoms. The van der Waals surface area contributed by atoms with Crippen LogP contribution in [-0.4, -0.2) is 25.5 Å². The zero-order valence-electron chi connectivity index (χ0n) is 15.9. The highest BCUT2D eigenvalue weighted by Crippen LogP contribution is 2.14. The molecule has 2 aromatic heterocycles. The first-order valence-electron chi connectivity index (χ1n) is 9.21. The van der Waals surface area contributed by atoms with Gasteiger partial charge in [-0.15, -0.1) is 0 Å². The highest BCUT2D eigenvalue weighted by molar-refractivity contribution is 9.10. The molecule has 7 heteroatoms. The molecule has 146 valence electrons. The van der Waals surface area contributed by atoms with E-state index in [1.165, 1.54) is 11.1 Å². The summed E-state index contributed by atoms with van der Waals surface area (Å²) in [4.78, 5) is 12.7. The molecule has 0 unspecified atom stereocenters. The van der Waals surface area contributed by atoms with Gasteiger partial charge >= 0.3 is 0 Å². The quantitative estimate of drug-likeness (QED) is 0.471. The molecule has 29 heavy (non-hydrogen) atoms. The fourth-order valence-corrected chi connectivity index (χ4v) is 3.47. The zero-order valence-corrected chi connectivity index (χ0v) is 17.5. The van der Waals surface area contributed by atoms with E-state index in [0.717, 1.165) is 10.0 Å². The smallest absolute Gasteiger partial charge is 0.255 e. The number of amides is 1. The van der Waals surface area contributed by atoms with Crippen molar-refractivity contribution >= 4 is 27.5 Å². The molecule has 0 saturated heterocycles. The van der Waals surface area contributed by atoms with Crippen molar-refractivity contribution in [3.05, 3.63) is 100 Å². The number of nitrogens with one attached hydrogen (secondary N) is 1. The first kappa shape index (κ1) is 19.1. The minimum Gasteiger partial charge on any atom is -0.319 e. The van der Waals surface area contributed by atoms with Gasteiger partial charge in [0.25, 0.3) is 5.91 Å². The number of anilines is 1. The summed E-state index contributed by atoms with van der Waals surface area (Å²) in [5, 5.41) is 11.5. The summed E-state index contributed by atoms with van der Waals surface area (Å²) in [5.74, 6) is -0.163. The third kappa shape index (κ3) is 5.00. The van der Waals surface area contributed by atoms with Crippen molar-refractivity contribution in [3.8, 4) is 0 Å². The van der Waals surface area contributed by atoms with E-state index in [1.54, 1.807) is 18.5 Å². The molecule has 2 heterocycles. The normalized spacial score (nSPS) is 10.8. The minimum atomic E-state index is -0.163. The van der Waals surface area contributed by atoms with E-state index < -0.39 is 0 Å². The molecule has 0 spiro atoms. The molecule has 0 aliphatic rings. The predicted molar refractivity (Wildman–Crippen MR) is 116 cm³/mol. The number of hydrogen-bond acceptors (Lipinski definition) is 3. The number of rotatable bonds is 6. The second-order valence-electron chi connectivity index (χ2n) is 6.93. The average molecular weight is 450 g/mol. The van der Waals surface area contributed by atoms with Gasteiger partial charge in [0.2, 0.25) is 0 Å². The lowest BCUT2D eigenvalue weighted by Gasteiger charge is -2.06. The standard InChI is InChI=1S/C22H20BrN5O/c1-16-4-2-5-17(8-16)12-28-15-21(11-25-28)26-22(29)19-7-3-6-18(9-19)13-27-14-20(23)10-24-27/h2-11,14-15H,12-13H2,1H3,(H,26,29). The molecule has 2 aromatic carbocycles. The Morgan fingerprint density at radius 2 is 1.66 bits per heavy atom. The van der Waals surface area contributed by atoms with Gasteiger partial charge < -0.3 is 5.32 Å². The monoisotopic (exact) mass is 449 g/mol. The Balaban J connectivity index is 1.42. The van der Waals surface area contributed by atoms with Crippen LogP contribution in [0.3, 0.4) is 0 Å². The van der Waals surface area contributed by atoms with Crippen LogP contribution in [0.2, 0.25) is 0 Å². The van der Waals surface area contributed by atoms with Crippen molar-refractivity contribution < 1.29 is 4.79 Å². The van der Waals surface area contributed by atoms with Crippen molar-refractivity contribution in [2.75, 3.05) is 5.32 Å². The van der Waals surface area contributed by atoms with Gasteiger partial charge in [0, 0.05) is 18.0 Å². The summed E-state index contributed by atoms with van der Waals surface area (Å²) < 4.78 is 4.56. The van der Waals surface area contributed by atoms with E-state index in [-0.39, 0.29) is 5.91 Å². The number of aryl methyl sites for hydroxylation is 1. The SMILES string of the molecule is Cc1cccc(Cn2cc(NC(=O)c3cccc(Cn4cc(Br)cn4)c3)cn2)c1. The summed E-state index contributed by atoms with van der Waals surface area (Å²) in [6.07, 6.45) is 7.14. The van der Waals surface area contributed by atoms with Crippen LogP contribution in [0.1, 0.15) is 27.0 Å². The van der Waals surface area contributed by atoms with Gasteiger partial charge in [-0.3, -0.25) is 14.2 Å². The second-order valence-corrected chi connectivity index (χ2v) is 7.84. The average Bonchev–Trinajstić information content (AvgIpc) is 3.30. The number of nitrogens with zero attached hydrogens (tertiary/aromatic N) is 4.